The number of hydrogen-bond acceptors (Lipinski definition) is 6. The summed E-state index contributed by atoms with van der Waals surface area (Å²) in [6.07, 6.45) is 3.95. The molecule has 3 atom stereocenters. The van der Waals surface area contributed by atoms with Gasteiger partial charge in [-0.15, -0.1) is 12.4 Å². The number of ether oxygens (including phenoxy) is 2. The van der Waals surface area contributed by atoms with Gasteiger partial charge in [-0.3, -0.25) is 9.78 Å². The van der Waals surface area contributed by atoms with E-state index in [9.17, 15) is 15.0 Å². The quantitative estimate of drug-likeness (QED) is 0.672. The van der Waals surface area contributed by atoms with Crippen LogP contribution in [0, 0.1) is 11.3 Å². The number of halogens is 1. The molecule has 1 amide bonds. The van der Waals surface area contributed by atoms with Gasteiger partial charge in [0.15, 0.2) is 0 Å². The third-order valence-corrected chi connectivity index (χ3v) is 5.14. The number of amides is 1. The Morgan fingerprint density at radius 2 is 2.00 bits per heavy atom. The summed E-state index contributed by atoms with van der Waals surface area (Å²) in [6, 6.07) is 3.59. The summed E-state index contributed by atoms with van der Waals surface area (Å²) >= 11 is 0. The standard InChI is InChI=1S/C18H26N2O5.ClH/c21-15-8-18(9-16(15)22,12-25-14-2-1-5-19-10-14)11-20-17(23)13-3-6-24-7-4-13;/h1-2,5,10,13,15-16,21-22H,3-4,6-9,11-12H2,(H,20,23);1H/t15-,16+,18?;. The number of pyridine rings is 1. The molecule has 2 aliphatic rings. The lowest BCUT2D eigenvalue weighted by Crippen LogP contribution is -2.43. The van der Waals surface area contributed by atoms with E-state index >= 15 is 0 Å². The predicted octanol–water partition coefficient (Wildman–Crippen LogP) is 0.927. The second-order valence-corrected chi connectivity index (χ2v) is 7.12. The molecule has 3 N–H and O–H groups in total. The van der Waals surface area contributed by atoms with Gasteiger partial charge in [0, 0.05) is 37.3 Å². The van der Waals surface area contributed by atoms with Crippen molar-refractivity contribution in [3.63, 3.8) is 0 Å². The fourth-order valence-corrected chi connectivity index (χ4v) is 3.60. The van der Waals surface area contributed by atoms with Crippen molar-refractivity contribution in [3.8, 4) is 5.75 Å². The topological polar surface area (TPSA) is 101 Å². The average molecular weight is 387 g/mol. The highest BCUT2D eigenvalue weighted by Crippen LogP contribution is 2.38. The molecule has 2 heterocycles. The van der Waals surface area contributed by atoms with Crippen molar-refractivity contribution in [2.24, 2.45) is 11.3 Å². The Hall–Kier alpha value is -1.41. The van der Waals surface area contributed by atoms with E-state index < -0.39 is 17.6 Å². The van der Waals surface area contributed by atoms with Crippen molar-refractivity contribution in [2.75, 3.05) is 26.4 Å². The van der Waals surface area contributed by atoms with Gasteiger partial charge in [0.25, 0.3) is 0 Å². The second-order valence-electron chi connectivity index (χ2n) is 7.12. The van der Waals surface area contributed by atoms with Crippen LogP contribution in [0.1, 0.15) is 25.7 Å². The number of aliphatic hydroxyl groups is 2. The fourth-order valence-electron chi connectivity index (χ4n) is 3.60. The number of carbonyl (C=O) groups is 1. The summed E-state index contributed by atoms with van der Waals surface area (Å²) in [6.45, 7) is 1.91. The van der Waals surface area contributed by atoms with Crippen molar-refractivity contribution >= 4 is 18.3 Å². The van der Waals surface area contributed by atoms with Crippen LogP contribution in [0.4, 0.5) is 0 Å². The number of hydrogen-bond donors (Lipinski definition) is 3. The molecule has 2 fully saturated rings. The van der Waals surface area contributed by atoms with E-state index in [-0.39, 0.29) is 24.2 Å². The van der Waals surface area contributed by atoms with Gasteiger partial charge in [-0.05, 0) is 37.8 Å². The summed E-state index contributed by atoms with van der Waals surface area (Å²) in [4.78, 5) is 16.4. The van der Waals surface area contributed by atoms with E-state index in [2.05, 4.69) is 10.3 Å². The van der Waals surface area contributed by atoms with Crippen molar-refractivity contribution in [1.29, 1.82) is 0 Å². The van der Waals surface area contributed by atoms with E-state index in [1.165, 1.54) is 0 Å². The van der Waals surface area contributed by atoms with Gasteiger partial charge in [-0.2, -0.15) is 0 Å². The SMILES string of the molecule is Cl.O=C(NCC1(COc2cccnc2)C[C@@H](O)[C@@H](O)C1)C1CCOCC1. The minimum Gasteiger partial charge on any atom is -0.491 e. The Kier molecular flexibility index (Phi) is 7.64. The first-order valence-corrected chi connectivity index (χ1v) is 8.82. The largest absolute Gasteiger partial charge is 0.491 e. The molecule has 1 aliphatic carbocycles. The molecule has 26 heavy (non-hydrogen) atoms. The molecule has 0 bridgehead atoms. The molecule has 3 rings (SSSR count). The van der Waals surface area contributed by atoms with Crippen molar-refractivity contribution in [2.45, 2.75) is 37.9 Å². The molecule has 0 aromatic carbocycles. The normalized spacial score (nSPS) is 29.0. The van der Waals surface area contributed by atoms with Gasteiger partial charge in [-0.25, -0.2) is 0 Å². The van der Waals surface area contributed by atoms with Gasteiger partial charge >= 0.3 is 0 Å². The highest BCUT2D eigenvalue weighted by Gasteiger charge is 2.45. The Balaban J connectivity index is 0.00000243. The van der Waals surface area contributed by atoms with Gasteiger partial charge < -0.3 is 25.0 Å². The summed E-state index contributed by atoms with van der Waals surface area (Å²) in [5.74, 6) is 0.620. The number of nitrogens with zero attached hydrogens (tertiary/aromatic N) is 1. The summed E-state index contributed by atoms with van der Waals surface area (Å²) in [5.41, 5.74) is -0.491. The van der Waals surface area contributed by atoms with Crippen LogP contribution in [0.3, 0.4) is 0 Å². The number of aromatic nitrogens is 1. The van der Waals surface area contributed by atoms with E-state index in [1.54, 1.807) is 18.5 Å². The van der Waals surface area contributed by atoms with Gasteiger partial charge in [-0.1, -0.05) is 0 Å². The fraction of sp³-hybridized carbons (Fsp3) is 0.667. The third-order valence-electron chi connectivity index (χ3n) is 5.14. The highest BCUT2D eigenvalue weighted by molar-refractivity contribution is 5.85. The molecule has 8 heteroatoms. The van der Waals surface area contributed by atoms with E-state index in [1.807, 2.05) is 6.07 Å². The molecule has 1 unspecified atom stereocenters. The number of aliphatic hydroxyl groups excluding tert-OH is 2. The van der Waals surface area contributed by atoms with Gasteiger partial charge in [0.1, 0.15) is 5.75 Å². The third kappa shape index (κ3) is 5.30. The lowest BCUT2D eigenvalue weighted by atomic mass is 9.86. The zero-order valence-electron chi connectivity index (χ0n) is 14.7. The van der Waals surface area contributed by atoms with Gasteiger partial charge in [0.05, 0.1) is 25.0 Å². The molecule has 1 aromatic heterocycles. The molecule has 0 radical (unpaired) electrons. The Labute approximate surface area is 159 Å². The summed E-state index contributed by atoms with van der Waals surface area (Å²) in [7, 11) is 0. The van der Waals surface area contributed by atoms with Crippen LogP contribution in [-0.4, -0.2) is 59.7 Å². The van der Waals surface area contributed by atoms with Gasteiger partial charge in [0.2, 0.25) is 5.91 Å². The van der Waals surface area contributed by atoms with Crippen molar-refractivity contribution in [3.05, 3.63) is 24.5 Å². The zero-order valence-corrected chi connectivity index (χ0v) is 15.5. The maximum atomic E-state index is 12.4. The molecule has 7 nitrogen and oxygen atoms in total. The lowest BCUT2D eigenvalue weighted by molar-refractivity contribution is -0.128. The molecule has 0 spiro atoms. The Bertz CT molecular complexity index is 558. The maximum absolute atomic E-state index is 12.4. The van der Waals surface area contributed by atoms with Crippen LogP contribution in [0.15, 0.2) is 24.5 Å². The van der Waals surface area contributed by atoms with Crippen LogP contribution < -0.4 is 10.1 Å². The Morgan fingerprint density at radius 1 is 1.31 bits per heavy atom. The van der Waals surface area contributed by atoms with Crippen molar-refractivity contribution < 1.29 is 24.5 Å². The predicted molar refractivity (Wildman–Crippen MR) is 97.2 cm³/mol. The summed E-state index contributed by atoms with van der Waals surface area (Å²) in [5, 5.41) is 23.0. The first-order chi connectivity index (χ1) is 12.1. The first kappa shape index (κ1) is 20.9. The second kappa shape index (κ2) is 9.50. The molecular formula is C18H27ClN2O5. The first-order valence-electron chi connectivity index (χ1n) is 8.82. The van der Waals surface area contributed by atoms with Crippen LogP contribution in [0.5, 0.6) is 5.75 Å². The maximum Gasteiger partial charge on any atom is 0.223 e. The highest BCUT2D eigenvalue weighted by atomic mass is 35.5. The van der Waals surface area contributed by atoms with E-state index in [0.717, 1.165) is 12.8 Å². The smallest absolute Gasteiger partial charge is 0.223 e. The molecule has 1 saturated carbocycles. The minimum absolute atomic E-state index is 0. The van der Waals surface area contributed by atoms with Crippen molar-refractivity contribution in [1.82, 2.24) is 10.3 Å². The van der Waals surface area contributed by atoms with Crippen LogP contribution in [-0.2, 0) is 9.53 Å². The lowest BCUT2D eigenvalue weighted by Gasteiger charge is -2.30. The number of nitrogens with one attached hydrogen (secondary N) is 1. The van der Waals surface area contributed by atoms with E-state index in [4.69, 9.17) is 9.47 Å². The minimum atomic E-state index is -0.794. The van der Waals surface area contributed by atoms with Crippen LogP contribution in [0.25, 0.3) is 0 Å². The van der Waals surface area contributed by atoms with E-state index in [0.29, 0.717) is 45.0 Å². The number of rotatable bonds is 6. The monoisotopic (exact) mass is 386 g/mol. The van der Waals surface area contributed by atoms with Crippen LogP contribution >= 0.6 is 12.4 Å². The molecule has 146 valence electrons. The Morgan fingerprint density at radius 3 is 2.62 bits per heavy atom. The van der Waals surface area contributed by atoms with Crippen LogP contribution in [0.2, 0.25) is 0 Å². The molecule has 1 aliphatic heterocycles. The zero-order chi connectivity index (χ0) is 17.7. The molecule has 1 aromatic rings. The average Bonchev–Trinajstić information content (AvgIpc) is 2.94. The summed E-state index contributed by atoms with van der Waals surface area (Å²) < 4.78 is 11.1. The molecular weight excluding hydrogens is 360 g/mol. The number of carbonyl (C=O) groups excluding carboxylic acids is 1. The molecule has 1 saturated heterocycles.